The molecule has 0 fully saturated rings. The maximum Gasteiger partial charge on any atom is 0.165 e. The molecule has 0 aliphatic carbocycles. The van der Waals surface area contributed by atoms with Gasteiger partial charge in [-0.05, 0) is 35.4 Å². The third kappa shape index (κ3) is 2.85. The van der Waals surface area contributed by atoms with Crippen LogP contribution in [0.1, 0.15) is 17.2 Å². The molecule has 0 spiro atoms. The van der Waals surface area contributed by atoms with E-state index >= 15 is 0 Å². The highest BCUT2D eigenvalue weighted by molar-refractivity contribution is 5.39. The van der Waals surface area contributed by atoms with E-state index in [9.17, 15) is 4.39 Å². The second-order valence-electron chi connectivity index (χ2n) is 4.15. The van der Waals surface area contributed by atoms with Crippen molar-refractivity contribution < 1.29 is 13.9 Å². The Labute approximate surface area is 111 Å². The fourth-order valence-electron chi connectivity index (χ4n) is 1.90. The van der Waals surface area contributed by atoms with Gasteiger partial charge in [0.2, 0.25) is 0 Å². The summed E-state index contributed by atoms with van der Waals surface area (Å²) in [7, 11) is 3.03. The Morgan fingerprint density at radius 1 is 1.00 bits per heavy atom. The molecule has 0 saturated heterocycles. The molecule has 0 bridgehead atoms. The molecule has 2 aromatic carbocycles. The summed E-state index contributed by atoms with van der Waals surface area (Å²) >= 11 is 0. The Bertz CT molecular complexity index is 572. The van der Waals surface area contributed by atoms with Gasteiger partial charge in [0, 0.05) is 0 Å². The molecule has 2 N–H and O–H groups in total. The fourth-order valence-corrected chi connectivity index (χ4v) is 1.90. The van der Waals surface area contributed by atoms with Crippen LogP contribution in [0.3, 0.4) is 0 Å². The minimum atomic E-state index is -0.399. The van der Waals surface area contributed by atoms with Crippen LogP contribution in [0.25, 0.3) is 0 Å². The average molecular weight is 261 g/mol. The standard InChI is InChI=1S/C15H16FNO2/c1-18-12-5-3-4-10(8-12)15(17)11-6-7-13(16)14(9-11)19-2/h3-9,15H,17H2,1-2H3. The number of benzene rings is 2. The molecule has 4 heteroatoms. The predicted molar refractivity (Wildman–Crippen MR) is 72.0 cm³/mol. The molecule has 2 rings (SSSR count). The highest BCUT2D eigenvalue weighted by Crippen LogP contribution is 2.27. The second-order valence-corrected chi connectivity index (χ2v) is 4.15. The van der Waals surface area contributed by atoms with E-state index in [0.29, 0.717) is 0 Å². The van der Waals surface area contributed by atoms with E-state index in [-0.39, 0.29) is 11.8 Å². The van der Waals surface area contributed by atoms with Gasteiger partial charge in [0.25, 0.3) is 0 Å². The molecule has 2 aromatic rings. The Hall–Kier alpha value is -2.07. The summed E-state index contributed by atoms with van der Waals surface area (Å²) in [5.74, 6) is 0.530. The molecule has 100 valence electrons. The van der Waals surface area contributed by atoms with Gasteiger partial charge >= 0.3 is 0 Å². The normalized spacial score (nSPS) is 12.0. The molecule has 0 saturated carbocycles. The van der Waals surface area contributed by atoms with Crippen LogP contribution in [0.2, 0.25) is 0 Å². The lowest BCUT2D eigenvalue weighted by Gasteiger charge is -2.14. The maximum atomic E-state index is 13.4. The lowest BCUT2D eigenvalue weighted by molar-refractivity contribution is 0.385. The SMILES string of the molecule is COc1cccc(C(N)c2ccc(F)c(OC)c2)c1. The van der Waals surface area contributed by atoms with E-state index in [1.165, 1.54) is 13.2 Å². The summed E-state index contributed by atoms with van der Waals surface area (Å²) in [6.45, 7) is 0. The van der Waals surface area contributed by atoms with Gasteiger partial charge in [0.15, 0.2) is 11.6 Å². The number of rotatable bonds is 4. The number of nitrogens with two attached hydrogens (primary N) is 1. The third-order valence-corrected chi connectivity index (χ3v) is 2.99. The Balaban J connectivity index is 2.35. The van der Waals surface area contributed by atoms with Gasteiger partial charge in [-0.25, -0.2) is 4.39 Å². The van der Waals surface area contributed by atoms with Crippen molar-refractivity contribution in [3.05, 3.63) is 59.4 Å². The van der Waals surface area contributed by atoms with E-state index < -0.39 is 5.82 Å². The average Bonchev–Trinajstić information content (AvgIpc) is 2.47. The fraction of sp³-hybridized carbons (Fsp3) is 0.200. The number of hydrogen-bond donors (Lipinski definition) is 1. The van der Waals surface area contributed by atoms with Gasteiger partial charge in [0.05, 0.1) is 20.3 Å². The zero-order valence-electron chi connectivity index (χ0n) is 10.9. The Kier molecular flexibility index (Phi) is 4.02. The van der Waals surface area contributed by atoms with Crippen LogP contribution in [-0.2, 0) is 0 Å². The Morgan fingerprint density at radius 3 is 2.42 bits per heavy atom. The van der Waals surface area contributed by atoms with Gasteiger partial charge in [-0.3, -0.25) is 0 Å². The number of halogens is 1. The molecule has 0 radical (unpaired) electrons. The van der Waals surface area contributed by atoms with Crippen LogP contribution in [0.4, 0.5) is 4.39 Å². The van der Waals surface area contributed by atoms with Crippen molar-refractivity contribution in [2.45, 2.75) is 6.04 Å². The minimum absolute atomic E-state index is 0.191. The number of methoxy groups -OCH3 is 2. The summed E-state index contributed by atoms with van der Waals surface area (Å²) in [5, 5.41) is 0. The summed E-state index contributed by atoms with van der Waals surface area (Å²) < 4.78 is 23.5. The van der Waals surface area contributed by atoms with Crippen molar-refractivity contribution in [3.63, 3.8) is 0 Å². The summed E-state index contributed by atoms with van der Waals surface area (Å²) in [6, 6.07) is 11.7. The predicted octanol–water partition coefficient (Wildman–Crippen LogP) is 2.89. The molecule has 0 heterocycles. The quantitative estimate of drug-likeness (QED) is 0.920. The summed E-state index contributed by atoms with van der Waals surface area (Å²) in [5.41, 5.74) is 7.86. The van der Waals surface area contributed by atoms with E-state index in [2.05, 4.69) is 0 Å². The highest BCUT2D eigenvalue weighted by Gasteiger charge is 2.12. The van der Waals surface area contributed by atoms with Crippen molar-refractivity contribution >= 4 is 0 Å². The van der Waals surface area contributed by atoms with Crippen molar-refractivity contribution in [2.24, 2.45) is 5.73 Å². The molecule has 1 atom stereocenters. The molecular weight excluding hydrogens is 245 g/mol. The number of hydrogen-bond acceptors (Lipinski definition) is 3. The minimum Gasteiger partial charge on any atom is -0.497 e. The van der Waals surface area contributed by atoms with Gasteiger partial charge in [0.1, 0.15) is 5.75 Å². The smallest absolute Gasteiger partial charge is 0.165 e. The van der Waals surface area contributed by atoms with Crippen LogP contribution >= 0.6 is 0 Å². The summed E-state index contributed by atoms with van der Waals surface area (Å²) in [6.07, 6.45) is 0. The van der Waals surface area contributed by atoms with Crippen LogP contribution in [0, 0.1) is 5.82 Å². The topological polar surface area (TPSA) is 44.5 Å². The monoisotopic (exact) mass is 261 g/mol. The summed E-state index contributed by atoms with van der Waals surface area (Å²) in [4.78, 5) is 0. The van der Waals surface area contributed by atoms with Crippen molar-refractivity contribution in [1.29, 1.82) is 0 Å². The first-order valence-electron chi connectivity index (χ1n) is 5.88. The lowest BCUT2D eigenvalue weighted by atomic mass is 9.99. The Morgan fingerprint density at radius 2 is 1.74 bits per heavy atom. The van der Waals surface area contributed by atoms with E-state index in [0.717, 1.165) is 16.9 Å². The van der Waals surface area contributed by atoms with Gasteiger partial charge in [-0.2, -0.15) is 0 Å². The maximum absolute atomic E-state index is 13.4. The van der Waals surface area contributed by atoms with Crippen LogP contribution in [0.15, 0.2) is 42.5 Å². The molecule has 0 aromatic heterocycles. The first-order chi connectivity index (χ1) is 9.15. The number of ether oxygens (including phenoxy) is 2. The van der Waals surface area contributed by atoms with E-state index in [1.54, 1.807) is 19.2 Å². The van der Waals surface area contributed by atoms with Gasteiger partial charge < -0.3 is 15.2 Å². The second kappa shape index (κ2) is 5.71. The molecule has 3 nitrogen and oxygen atoms in total. The first-order valence-corrected chi connectivity index (χ1v) is 5.88. The zero-order valence-corrected chi connectivity index (χ0v) is 10.9. The largest absolute Gasteiger partial charge is 0.497 e. The molecule has 0 aliphatic rings. The zero-order chi connectivity index (χ0) is 13.8. The molecule has 0 amide bonds. The van der Waals surface area contributed by atoms with E-state index in [4.69, 9.17) is 15.2 Å². The van der Waals surface area contributed by atoms with Crippen LogP contribution in [-0.4, -0.2) is 14.2 Å². The van der Waals surface area contributed by atoms with Crippen molar-refractivity contribution in [3.8, 4) is 11.5 Å². The van der Waals surface area contributed by atoms with Crippen molar-refractivity contribution in [2.75, 3.05) is 14.2 Å². The van der Waals surface area contributed by atoms with Gasteiger partial charge in [-0.15, -0.1) is 0 Å². The highest BCUT2D eigenvalue weighted by atomic mass is 19.1. The molecular formula is C15H16FNO2. The lowest BCUT2D eigenvalue weighted by Crippen LogP contribution is -2.12. The molecule has 19 heavy (non-hydrogen) atoms. The van der Waals surface area contributed by atoms with Crippen molar-refractivity contribution in [1.82, 2.24) is 0 Å². The molecule has 0 aliphatic heterocycles. The third-order valence-electron chi connectivity index (χ3n) is 2.99. The van der Waals surface area contributed by atoms with Gasteiger partial charge in [-0.1, -0.05) is 18.2 Å². The van der Waals surface area contributed by atoms with Crippen LogP contribution in [0.5, 0.6) is 11.5 Å². The van der Waals surface area contributed by atoms with Crippen LogP contribution < -0.4 is 15.2 Å². The molecule has 1 unspecified atom stereocenters. The van der Waals surface area contributed by atoms with E-state index in [1.807, 2.05) is 24.3 Å². The first kappa shape index (κ1) is 13.4.